The Kier molecular flexibility index (Phi) is 15.2. The third-order valence-electron chi connectivity index (χ3n) is 4.78. The zero-order chi connectivity index (χ0) is 17.4. The third kappa shape index (κ3) is 15.1. The average molecular weight is 337 g/mol. The van der Waals surface area contributed by atoms with E-state index in [-0.39, 0.29) is 0 Å². The van der Waals surface area contributed by atoms with Crippen molar-refractivity contribution >= 4 is 0 Å². The van der Waals surface area contributed by atoms with E-state index >= 15 is 0 Å². The normalized spacial score (nSPS) is 13.4. The standard InChI is InChI=1S/C20H39F3/c1-3-5-7-9-11-12-14-16-18-19(20(21,22)23)17-15-13-10-8-6-4-2/h19H,3-18H2,1-2H3. The van der Waals surface area contributed by atoms with Gasteiger partial charge in [-0.05, 0) is 12.8 Å². The van der Waals surface area contributed by atoms with Crippen LogP contribution in [-0.4, -0.2) is 6.18 Å². The van der Waals surface area contributed by atoms with Crippen LogP contribution in [0.2, 0.25) is 0 Å². The summed E-state index contributed by atoms with van der Waals surface area (Å²) in [6.07, 6.45) is 12.1. The molecule has 0 rings (SSSR count). The van der Waals surface area contributed by atoms with E-state index in [0.29, 0.717) is 12.8 Å². The van der Waals surface area contributed by atoms with Crippen LogP contribution in [-0.2, 0) is 0 Å². The second kappa shape index (κ2) is 15.3. The van der Waals surface area contributed by atoms with Gasteiger partial charge >= 0.3 is 6.18 Å². The maximum atomic E-state index is 13.1. The second-order valence-corrected chi connectivity index (χ2v) is 7.06. The van der Waals surface area contributed by atoms with Crippen molar-refractivity contribution in [2.45, 2.75) is 123 Å². The Labute approximate surface area is 142 Å². The number of halogens is 3. The minimum Gasteiger partial charge on any atom is -0.171 e. The van der Waals surface area contributed by atoms with Gasteiger partial charge in [-0.25, -0.2) is 0 Å². The van der Waals surface area contributed by atoms with Crippen LogP contribution in [0, 0.1) is 5.92 Å². The van der Waals surface area contributed by atoms with E-state index in [4.69, 9.17) is 0 Å². The Hall–Kier alpha value is -0.210. The van der Waals surface area contributed by atoms with E-state index in [1.54, 1.807) is 0 Å². The summed E-state index contributed by atoms with van der Waals surface area (Å²) in [6, 6.07) is 0. The first kappa shape index (κ1) is 22.8. The highest BCUT2D eigenvalue weighted by molar-refractivity contribution is 4.68. The summed E-state index contributed by atoms with van der Waals surface area (Å²) in [4.78, 5) is 0. The number of rotatable bonds is 16. The molecule has 0 radical (unpaired) electrons. The summed E-state index contributed by atoms with van der Waals surface area (Å²) >= 11 is 0. The molecule has 140 valence electrons. The van der Waals surface area contributed by atoms with Crippen LogP contribution in [0.25, 0.3) is 0 Å². The van der Waals surface area contributed by atoms with Gasteiger partial charge in [0, 0.05) is 0 Å². The zero-order valence-corrected chi connectivity index (χ0v) is 15.5. The van der Waals surface area contributed by atoms with Gasteiger partial charge in [0.15, 0.2) is 0 Å². The van der Waals surface area contributed by atoms with Gasteiger partial charge in [-0.1, -0.05) is 104 Å². The first-order chi connectivity index (χ1) is 11.0. The molecule has 0 saturated heterocycles. The Morgan fingerprint density at radius 1 is 0.522 bits per heavy atom. The maximum Gasteiger partial charge on any atom is 0.391 e. The number of alkyl halides is 3. The Morgan fingerprint density at radius 2 is 0.826 bits per heavy atom. The fraction of sp³-hybridized carbons (Fsp3) is 1.00. The fourth-order valence-corrected chi connectivity index (χ4v) is 3.17. The van der Waals surface area contributed by atoms with E-state index in [0.717, 1.165) is 38.5 Å². The fourth-order valence-electron chi connectivity index (χ4n) is 3.17. The van der Waals surface area contributed by atoms with Crippen LogP contribution in [0.1, 0.15) is 117 Å². The Balaban J connectivity index is 3.69. The van der Waals surface area contributed by atoms with Crippen LogP contribution < -0.4 is 0 Å². The lowest BCUT2D eigenvalue weighted by molar-refractivity contribution is -0.178. The van der Waals surface area contributed by atoms with Gasteiger partial charge in [0.1, 0.15) is 0 Å². The van der Waals surface area contributed by atoms with Gasteiger partial charge in [-0.3, -0.25) is 0 Å². The van der Waals surface area contributed by atoms with Gasteiger partial charge in [-0.15, -0.1) is 0 Å². The lowest BCUT2D eigenvalue weighted by Gasteiger charge is -2.20. The molecule has 0 heterocycles. The van der Waals surface area contributed by atoms with Crippen LogP contribution in [0.5, 0.6) is 0 Å². The van der Waals surface area contributed by atoms with E-state index in [1.807, 2.05) is 0 Å². The van der Waals surface area contributed by atoms with Crippen molar-refractivity contribution in [2.24, 2.45) is 5.92 Å². The summed E-state index contributed by atoms with van der Waals surface area (Å²) in [5, 5.41) is 0. The molecular weight excluding hydrogens is 297 g/mol. The highest BCUT2D eigenvalue weighted by atomic mass is 19.4. The molecule has 0 spiro atoms. The van der Waals surface area contributed by atoms with Gasteiger partial charge in [-0.2, -0.15) is 13.2 Å². The molecular formula is C20H39F3. The second-order valence-electron chi connectivity index (χ2n) is 7.06. The first-order valence-electron chi connectivity index (χ1n) is 10.1. The van der Waals surface area contributed by atoms with Crippen molar-refractivity contribution in [3.8, 4) is 0 Å². The molecule has 0 amide bonds. The molecule has 1 unspecified atom stereocenters. The highest BCUT2D eigenvalue weighted by Crippen LogP contribution is 2.34. The SMILES string of the molecule is CCCCCCCCCCC(CCCCCCCC)C(F)(F)F. The maximum absolute atomic E-state index is 13.1. The first-order valence-corrected chi connectivity index (χ1v) is 10.1. The monoisotopic (exact) mass is 336 g/mol. The summed E-state index contributed by atoms with van der Waals surface area (Å²) in [5.74, 6) is -1.06. The molecule has 0 nitrogen and oxygen atoms in total. The lowest BCUT2D eigenvalue weighted by Crippen LogP contribution is -2.22. The minimum atomic E-state index is -4.00. The number of unbranched alkanes of at least 4 members (excludes halogenated alkanes) is 12. The van der Waals surface area contributed by atoms with Crippen molar-refractivity contribution < 1.29 is 13.2 Å². The molecule has 0 saturated carbocycles. The Bertz CT molecular complexity index is 236. The molecule has 0 aliphatic heterocycles. The van der Waals surface area contributed by atoms with E-state index in [2.05, 4.69) is 13.8 Å². The van der Waals surface area contributed by atoms with E-state index in [9.17, 15) is 13.2 Å². The van der Waals surface area contributed by atoms with Crippen LogP contribution in [0.4, 0.5) is 13.2 Å². The van der Waals surface area contributed by atoms with Crippen molar-refractivity contribution in [3.63, 3.8) is 0 Å². The molecule has 0 aliphatic carbocycles. The molecule has 0 aromatic carbocycles. The molecule has 23 heavy (non-hydrogen) atoms. The van der Waals surface area contributed by atoms with Crippen molar-refractivity contribution in [1.29, 1.82) is 0 Å². The predicted molar refractivity (Wildman–Crippen MR) is 94.8 cm³/mol. The van der Waals surface area contributed by atoms with Crippen LogP contribution >= 0.6 is 0 Å². The Morgan fingerprint density at radius 3 is 1.13 bits per heavy atom. The van der Waals surface area contributed by atoms with E-state index in [1.165, 1.54) is 51.4 Å². The van der Waals surface area contributed by atoms with E-state index < -0.39 is 12.1 Å². The molecule has 0 N–H and O–H groups in total. The minimum absolute atomic E-state index is 0.339. The summed E-state index contributed by atoms with van der Waals surface area (Å²) in [6.45, 7) is 4.35. The smallest absolute Gasteiger partial charge is 0.171 e. The quantitative estimate of drug-likeness (QED) is 0.248. The third-order valence-corrected chi connectivity index (χ3v) is 4.78. The van der Waals surface area contributed by atoms with Gasteiger partial charge in [0.2, 0.25) is 0 Å². The summed E-state index contributed by atoms with van der Waals surface area (Å²) in [7, 11) is 0. The topological polar surface area (TPSA) is 0 Å². The van der Waals surface area contributed by atoms with Gasteiger partial charge in [0.25, 0.3) is 0 Å². The molecule has 1 atom stereocenters. The van der Waals surface area contributed by atoms with Gasteiger partial charge in [0.05, 0.1) is 5.92 Å². The summed E-state index contributed by atoms with van der Waals surface area (Å²) in [5.41, 5.74) is 0. The molecule has 3 heteroatoms. The number of hydrogen-bond acceptors (Lipinski definition) is 0. The molecule has 0 aromatic heterocycles. The van der Waals surface area contributed by atoms with Crippen molar-refractivity contribution in [2.75, 3.05) is 0 Å². The highest BCUT2D eigenvalue weighted by Gasteiger charge is 2.38. The molecule has 0 bridgehead atoms. The largest absolute Gasteiger partial charge is 0.391 e. The molecule has 0 aromatic rings. The predicted octanol–water partition coefficient (Wildman–Crippen LogP) is 8.45. The lowest BCUT2D eigenvalue weighted by atomic mass is 9.93. The average Bonchev–Trinajstić information content (AvgIpc) is 2.50. The van der Waals surface area contributed by atoms with Crippen molar-refractivity contribution in [1.82, 2.24) is 0 Å². The zero-order valence-electron chi connectivity index (χ0n) is 15.5. The van der Waals surface area contributed by atoms with Gasteiger partial charge < -0.3 is 0 Å². The molecule has 0 fully saturated rings. The molecule has 0 aliphatic rings. The van der Waals surface area contributed by atoms with Crippen LogP contribution in [0.15, 0.2) is 0 Å². The van der Waals surface area contributed by atoms with Crippen LogP contribution in [0.3, 0.4) is 0 Å². The number of hydrogen-bond donors (Lipinski definition) is 0. The van der Waals surface area contributed by atoms with Crippen molar-refractivity contribution in [3.05, 3.63) is 0 Å². The summed E-state index contributed by atoms with van der Waals surface area (Å²) < 4.78 is 39.2.